The maximum atomic E-state index is 13.4. The number of amides is 1. The van der Waals surface area contributed by atoms with Crippen molar-refractivity contribution in [2.24, 2.45) is 0 Å². The van der Waals surface area contributed by atoms with Crippen molar-refractivity contribution in [1.82, 2.24) is 4.98 Å². The Labute approximate surface area is 186 Å². The molecule has 6 heteroatoms. The van der Waals surface area contributed by atoms with Crippen molar-refractivity contribution in [2.75, 3.05) is 26.6 Å². The number of hydrogen-bond donors (Lipinski definition) is 1. The van der Waals surface area contributed by atoms with Crippen LogP contribution in [-0.2, 0) is 0 Å². The van der Waals surface area contributed by atoms with E-state index in [1.54, 1.807) is 27.4 Å². The highest BCUT2D eigenvalue weighted by atomic mass is 16.5. The number of anilines is 1. The molecule has 0 bridgehead atoms. The van der Waals surface area contributed by atoms with Gasteiger partial charge in [-0.15, -0.1) is 0 Å². The Bertz CT molecular complexity index is 1280. The molecule has 0 fully saturated rings. The van der Waals surface area contributed by atoms with Crippen LogP contribution in [0.15, 0.2) is 66.7 Å². The second kappa shape index (κ2) is 8.98. The number of nitrogens with zero attached hydrogens (tertiary/aromatic N) is 1. The van der Waals surface area contributed by atoms with E-state index in [1.807, 2.05) is 67.6 Å². The lowest BCUT2D eigenvalue weighted by Gasteiger charge is -2.15. The molecule has 0 aliphatic rings. The predicted molar refractivity (Wildman–Crippen MR) is 126 cm³/mol. The average Bonchev–Trinajstić information content (AvgIpc) is 2.84. The summed E-state index contributed by atoms with van der Waals surface area (Å²) in [6.45, 7) is 1.91. The zero-order valence-corrected chi connectivity index (χ0v) is 18.4. The van der Waals surface area contributed by atoms with Gasteiger partial charge in [-0.05, 0) is 55.0 Å². The van der Waals surface area contributed by atoms with E-state index in [-0.39, 0.29) is 5.91 Å². The van der Waals surface area contributed by atoms with Crippen LogP contribution in [-0.4, -0.2) is 32.2 Å². The molecule has 3 aromatic carbocycles. The first-order valence-corrected chi connectivity index (χ1v) is 10.1. The first-order chi connectivity index (χ1) is 15.5. The van der Waals surface area contributed by atoms with Crippen molar-refractivity contribution in [3.05, 3.63) is 77.9 Å². The molecule has 1 aromatic heterocycles. The lowest BCUT2D eigenvalue weighted by Crippen LogP contribution is -2.14. The Kier molecular flexibility index (Phi) is 5.94. The van der Waals surface area contributed by atoms with Gasteiger partial charge in [0.25, 0.3) is 5.91 Å². The van der Waals surface area contributed by atoms with Gasteiger partial charge in [-0.2, -0.15) is 0 Å². The third-order valence-corrected chi connectivity index (χ3v) is 5.33. The number of carbonyl (C=O) groups is 1. The fourth-order valence-electron chi connectivity index (χ4n) is 3.58. The number of fused-ring (bicyclic) bond motifs is 1. The van der Waals surface area contributed by atoms with Crippen LogP contribution in [0.5, 0.6) is 17.2 Å². The van der Waals surface area contributed by atoms with Crippen LogP contribution in [0.4, 0.5) is 5.69 Å². The number of carbonyl (C=O) groups excluding carboxylic acids is 1. The molecule has 0 atom stereocenters. The third-order valence-electron chi connectivity index (χ3n) is 5.33. The Morgan fingerprint density at radius 1 is 0.844 bits per heavy atom. The molecule has 0 radical (unpaired) electrons. The Morgan fingerprint density at radius 2 is 1.53 bits per heavy atom. The number of nitrogens with one attached hydrogen (secondary N) is 1. The minimum absolute atomic E-state index is 0.228. The lowest BCUT2D eigenvalue weighted by atomic mass is 10.0. The topological polar surface area (TPSA) is 69.7 Å². The molecule has 1 amide bonds. The Morgan fingerprint density at radius 3 is 2.22 bits per heavy atom. The first-order valence-electron chi connectivity index (χ1n) is 10.1. The van der Waals surface area contributed by atoms with Crippen molar-refractivity contribution in [2.45, 2.75) is 6.92 Å². The third kappa shape index (κ3) is 4.07. The second-order valence-corrected chi connectivity index (χ2v) is 7.28. The van der Waals surface area contributed by atoms with E-state index >= 15 is 0 Å². The molecule has 0 saturated carbocycles. The number of methoxy groups -OCH3 is 3. The van der Waals surface area contributed by atoms with Gasteiger partial charge in [-0.25, -0.2) is 4.98 Å². The van der Waals surface area contributed by atoms with Crippen LogP contribution in [0, 0.1) is 6.92 Å². The Balaban J connectivity index is 1.77. The van der Waals surface area contributed by atoms with Gasteiger partial charge in [0, 0.05) is 22.7 Å². The fourth-order valence-corrected chi connectivity index (χ4v) is 3.58. The van der Waals surface area contributed by atoms with E-state index in [0.29, 0.717) is 28.4 Å². The second-order valence-electron chi connectivity index (χ2n) is 7.28. The maximum Gasteiger partial charge on any atom is 0.256 e. The van der Waals surface area contributed by atoms with Gasteiger partial charge >= 0.3 is 0 Å². The molecular weight excluding hydrogens is 404 g/mol. The molecule has 4 aromatic rings. The minimum atomic E-state index is -0.228. The van der Waals surface area contributed by atoms with E-state index in [1.165, 1.54) is 0 Å². The predicted octanol–water partition coefficient (Wildman–Crippen LogP) is 5.49. The van der Waals surface area contributed by atoms with Gasteiger partial charge < -0.3 is 19.5 Å². The number of ether oxygens (including phenoxy) is 3. The van der Waals surface area contributed by atoms with Crippen molar-refractivity contribution in [3.8, 4) is 28.5 Å². The van der Waals surface area contributed by atoms with Gasteiger partial charge in [0.15, 0.2) is 11.5 Å². The summed E-state index contributed by atoms with van der Waals surface area (Å²) >= 11 is 0. The van der Waals surface area contributed by atoms with Crippen molar-refractivity contribution in [3.63, 3.8) is 0 Å². The molecule has 0 aliphatic heterocycles. The number of benzene rings is 3. The summed E-state index contributed by atoms with van der Waals surface area (Å²) in [5, 5.41) is 3.80. The van der Waals surface area contributed by atoms with Crippen LogP contribution in [0.25, 0.3) is 22.2 Å². The maximum absolute atomic E-state index is 13.4. The van der Waals surface area contributed by atoms with Gasteiger partial charge in [0.2, 0.25) is 0 Å². The summed E-state index contributed by atoms with van der Waals surface area (Å²) in [5.74, 6) is 1.69. The molecule has 1 N–H and O–H groups in total. The van der Waals surface area contributed by atoms with Crippen LogP contribution >= 0.6 is 0 Å². The van der Waals surface area contributed by atoms with E-state index in [2.05, 4.69) is 5.32 Å². The van der Waals surface area contributed by atoms with E-state index < -0.39 is 0 Å². The van der Waals surface area contributed by atoms with Crippen LogP contribution in [0.3, 0.4) is 0 Å². The largest absolute Gasteiger partial charge is 0.497 e. The number of rotatable bonds is 6. The Hall–Kier alpha value is -4.06. The SMILES string of the molecule is COc1ccc(-c2cc(C(=O)Nc3cc(OC)c(OC)cc3C)c3ccccc3n2)cc1. The summed E-state index contributed by atoms with van der Waals surface area (Å²) in [6.07, 6.45) is 0. The zero-order chi connectivity index (χ0) is 22.7. The van der Waals surface area contributed by atoms with Crippen molar-refractivity contribution >= 4 is 22.5 Å². The summed E-state index contributed by atoms with van der Waals surface area (Å²) in [4.78, 5) is 18.1. The first kappa shape index (κ1) is 21.2. The number of pyridine rings is 1. The summed E-state index contributed by atoms with van der Waals surface area (Å²) in [6, 6.07) is 20.6. The molecule has 6 nitrogen and oxygen atoms in total. The molecule has 162 valence electrons. The quantitative estimate of drug-likeness (QED) is 0.440. The number of hydrogen-bond acceptors (Lipinski definition) is 5. The van der Waals surface area contributed by atoms with E-state index in [9.17, 15) is 4.79 Å². The van der Waals surface area contributed by atoms with Crippen LogP contribution < -0.4 is 19.5 Å². The van der Waals surface area contributed by atoms with E-state index in [4.69, 9.17) is 19.2 Å². The van der Waals surface area contributed by atoms with Crippen LogP contribution in [0.1, 0.15) is 15.9 Å². The summed E-state index contributed by atoms with van der Waals surface area (Å²) < 4.78 is 16.0. The highest BCUT2D eigenvalue weighted by Crippen LogP contribution is 2.34. The van der Waals surface area contributed by atoms with Crippen molar-refractivity contribution in [1.29, 1.82) is 0 Å². The summed E-state index contributed by atoms with van der Waals surface area (Å²) in [7, 11) is 4.78. The van der Waals surface area contributed by atoms with Gasteiger partial charge in [-0.3, -0.25) is 4.79 Å². The molecule has 0 unspecified atom stereocenters. The highest BCUT2D eigenvalue weighted by molar-refractivity contribution is 6.13. The highest BCUT2D eigenvalue weighted by Gasteiger charge is 2.17. The van der Waals surface area contributed by atoms with Gasteiger partial charge in [0.05, 0.1) is 38.1 Å². The molecule has 0 spiro atoms. The molecule has 0 saturated heterocycles. The van der Waals surface area contributed by atoms with Gasteiger partial charge in [0.1, 0.15) is 5.75 Å². The molecule has 4 rings (SSSR count). The zero-order valence-electron chi connectivity index (χ0n) is 18.4. The smallest absolute Gasteiger partial charge is 0.256 e. The number of aromatic nitrogens is 1. The van der Waals surface area contributed by atoms with Crippen LogP contribution in [0.2, 0.25) is 0 Å². The van der Waals surface area contributed by atoms with Crippen molar-refractivity contribution < 1.29 is 19.0 Å². The molecule has 1 heterocycles. The molecule has 0 aliphatic carbocycles. The number of aryl methyl sites for hydroxylation is 1. The normalized spacial score (nSPS) is 10.6. The molecular formula is C26H24N2O4. The fraction of sp³-hybridized carbons (Fsp3) is 0.154. The number of para-hydroxylation sites is 1. The molecule has 32 heavy (non-hydrogen) atoms. The lowest BCUT2D eigenvalue weighted by molar-refractivity contribution is 0.102. The standard InChI is InChI=1S/C26H24N2O4/c1-16-13-24(31-3)25(32-4)15-22(16)28-26(29)20-14-23(17-9-11-18(30-2)12-10-17)27-21-8-6-5-7-19(20)21/h5-15H,1-4H3,(H,28,29). The monoisotopic (exact) mass is 428 g/mol. The van der Waals surface area contributed by atoms with Gasteiger partial charge in [-0.1, -0.05) is 18.2 Å². The average molecular weight is 428 g/mol. The minimum Gasteiger partial charge on any atom is -0.497 e. The van der Waals surface area contributed by atoms with E-state index in [0.717, 1.165) is 27.8 Å². The summed E-state index contributed by atoms with van der Waals surface area (Å²) in [5.41, 5.74) is 4.41.